The normalized spacial score (nSPS) is 18.3. The smallest absolute Gasteiger partial charge is 0.138 e. The van der Waals surface area contributed by atoms with Crippen molar-refractivity contribution in [2.75, 3.05) is 20.1 Å². The Morgan fingerprint density at radius 3 is 2.67 bits per heavy atom. The highest BCUT2D eigenvalue weighted by Gasteiger charge is 2.25. The van der Waals surface area contributed by atoms with Gasteiger partial charge in [0, 0.05) is 30.1 Å². The molecule has 1 saturated heterocycles. The maximum atomic E-state index is 5.12. The summed E-state index contributed by atoms with van der Waals surface area (Å²) in [6.45, 7) is 10.9. The molecule has 0 amide bonds. The highest BCUT2D eigenvalue weighted by Crippen LogP contribution is 2.35. The van der Waals surface area contributed by atoms with Crippen LogP contribution < -0.4 is 10.0 Å². The summed E-state index contributed by atoms with van der Waals surface area (Å²) in [5, 5.41) is 8.24. The first kappa shape index (κ1) is 26.7. The number of benzene rings is 1. The summed E-state index contributed by atoms with van der Waals surface area (Å²) in [6, 6.07) is 7.39. The first-order chi connectivity index (χ1) is 17.2. The molecule has 1 aromatic heterocycles. The van der Waals surface area contributed by atoms with Crippen molar-refractivity contribution < 1.29 is 0 Å². The second-order valence-electron chi connectivity index (χ2n) is 10.3. The first-order valence-electron chi connectivity index (χ1n) is 13.4. The van der Waals surface area contributed by atoms with Crippen LogP contribution in [0.25, 0.3) is 5.70 Å². The van der Waals surface area contributed by atoms with E-state index in [4.69, 9.17) is 10.1 Å². The maximum absolute atomic E-state index is 5.12. The van der Waals surface area contributed by atoms with Crippen LogP contribution in [0.3, 0.4) is 0 Å². The number of hydrogen-bond acceptors (Lipinski definition) is 5. The van der Waals surface area contributed by atoms with Gasteiger partial charge in [-0.3, -0.25) is 9.40 Å². The Labute approximate surface area is 218 Å². The van der Waals surface area contributed by atoms with E-state index in [-0.39, 0.29) is 0 Å². The number of likely N-dealkylation sites (tertiary alicyclic amines) is 1. The molecule has 7 heteroatoms. The molecular formula is C29H44N6S. The molecule has 0 aliphatic carbocycles. The molecular weight excluding hydrogens is 464 g/mol. The molecule has 2 aliphatic heterocycles. The second kappa shape index (κ2) is 11.4. The van der Waals surface area contributed by atoms with Gasteiger partial charge in [-0.25, -0.2) is 4.99 Å². The van der Waals surface area contributed by atoms with Gasteiger partial charge in [0.15, 0.2) is 0 Å². The van der Waals surface area contributed by atoms with Crippen LogP contribution in [0.4, 0.5) is 5.69 Å². The lowest BCUT2D eigenvalue weighted by Crippen LogP contribution is -2.28. The van der Waals surface area contributed by atoms with Gasteiger partial charge < -0.3 is 10.2 Å². The highest BCUT2D eigenvalue weighted by atomic mass is 32.2. The average Bonchev–Trinajstić information content (AvgIpc) is 3.40. The Bertz CT molecular complexity index is 1240. The topological polar surface area (TPSA) is 57.5 Å². The Morgan fingerprint density at radius 2 is 1.97 bits per heavy atom. The summed E-state index contributed by atoms with van der Waals surface area (Å²) in [5.41, 5.74) is 6.23. The quantitative estimate of drug-likeness (QED) is 0.400. The van der Waals surface area contributed by atoms with Crippen LogP contribution in [0.1, 0.15) is 74.9 Å². The number of nitrogens with zero attached hydrogens (tertiary/aromatic N) is 4. The molecule has 0 saturated carbocycles. The van der Waals surface area contributed by atoms with E-state index in [0.29, 0.717) is 6.04 Å². The molecule has 1 aromatic carbocycles. The van der Waals surface area contributed by atoms with Crippen LogP contribution in [-0.4, -0.2) is 58.4 Å². The minimum absolute atomic E-state index is 0.664. The van der Waals surface area contributed by atoms with Gasteiger partial charge in [0.1, 0.15) is 17.2 Å². The number of amidine groups is 1. The fourth-order valence-corrected chi connectivity index (χ4v) is 6.70. The number of unbranched alkanes of at least 4 members (excludes halogenated alkanes) is 1. The molecule has 4 rings (SSSR count). The van der Waals surface area contributed by atoms with Crippen LogP contribution in [0.2, 0.25) is 0 Å². The number of rotatable bonds is 11. The number of fused-ring (bicyclic) bond motifs is 1. The molecule has 2 aromatic rings. The van der Waals surface area contributed by atoms with E-state index < -0.39 is 9.39 Å². The van der Waals surface area contributed by atoms with Crippen LogP contribution in [0.5, 0.6) is 0 Å². The number of aromatic nitrogens is 2. The Kier molecular flexibility index (Phi) is 8.43. The van der Waals surface area contributed by atoms with E-state index in [9.17, 15) is 0 Å². The molecule has 1 fully saturated rings. The molecule has 0 radical (unpaired) electrons. The predicted molar refractivity (Wildman–Crippen MR) is 159 cm³/mol. The Morgan fingerprint density at radius 1 is 1.17 bits per heavy atom. The lowest BCUT2D eigenvalue weighted by Gasteiger charge is -2.24. The highest BCUT2D eigenvalue weighted by molar-refractivity contribution is 8.26. The third-order valence-corrected chi connectivity index (χ3v) is 9.39. The summed E-state index contributed by atoms with van der Waals surface area (Å²) in [7, 11) is 2.56. The summed E-state index contributed by atoms with van der Waals surface area (Å²) < 4.78 is 5.61. The van der Waals surface area contributed by atoms with E-state index in [2.05, 4.69) is 72.4 Å². The molecule has 36 heavy (non-hydrogen) atoms. The minimum atomic E-state index is -1.64. The Balaban J connectivity index is 1.66. The third-order valence-electron chi connectivity index (χ3n) is 7.47. The molecule has 1 unspecified atom stereocenters. The largest absolute Gasteiger partial charge is 0.338 e. The zero-order chi connectivity index (χ0) is 25.9. The van der Waals surface area contributed by atoms with Gasteiger partial charge in [0.2, 0.25) is 0 Å². The number of aryl methyl sites for hydroxylation is 3. The summed E-state index contributed by atoms with van der Waals surface area (Å²) in [5.74, 6) is 9.96. The van der Waals surface area contributed by atoms with E-state index in [0.717, 1.165) is 84.1 Å². The lowest BCUT2D eigenvalue weighted by atomic mass is 10.00. The van der Waals surface area contributed by atoms with Gasteiger partial charge >= 0.3 is 0 Å². The second-order valence-corrected chi connectivity index (χ2v) is 12.9. The molecule has 0 bridgehead atoms. The van der Waals surface area contributed by atoms with Crippen molar-refractivity contribution in [1.29, 1.82) is 0 Å². The van der Waals surface area contributed by atoms with E-state index in [1.54, 1.807) is 0 Å². The van der Waals surface area contributed by atoms with Gasteiger partial charge in [-0.1, -0.05) is 51.1 Å². The van der Waals surface area contributed by atoms with Crippen molar-refractivity contribution in [3.8, 4) is 0 Å². The monoisotopic (exact) mass is 508 g/mol. The molecule has 6 nitrogen and oxygen atoms in total. The molecule has 0 spiro atoms. The van der Waals surface area contributed by atoms with E-state index in [1.165, 1.54) is 24.9 Å². The SMILES string of the molecule is C=C1NC(c2cc(S(=C)(=C)NCCC3CCCN3C)ccc2CCCC)=Nc2c(CCC)nn(C)c21. The van der Waals surface area contributed by atoms with Crippen molar-refractivity contribution in [3.05, 3.63) is 47.3 Å². The zero-order valence-electron chi connectivity index (χ0n) is 22.7. The molecule has 1 atom stereocenters. The molecule has 3 heterocycles. The molecule has 196 valence electrons. The van der Waals surface area contributed by atoms with Crippen molar-refractivity contribution in [2.24, 2.45) is 12.0 Å². The number of hydrogen-bond donors (Lipinski definition) is 2. The van der Waals surface area contributed by atoms with E-state index in [1.807, 2.05) is 11.7 Å². The van der Waals surface area contributed by atoms with Crippen molar-refractivity contribution >= 4 is 38.4 Å². The molecule has 2 N–H and O–H groups in total. The summed E-state index contributed by atoms with van der Waals surface area (Å²) in [4.78, 5) is 8.75. The number of nitrogens with one attached hydrogen (secondary N) is 2. The molecule has 2 aliphatic rings. The number of aliphatic imine (C=N–C) groups is 1. The van der Waals surface area contributed by atoms with Crippen molar-refractivity contribution in [3.63, 3.8) is 0 Å². The summed E-state index contributed by atoms with van der Waals surface area (Å²) in [6.07, 6.45) is 8.96. The standard InChI is InChI=1S/C29H44N6S/c1-8-10-13-22-15-16-24(36(6,7)30-18-17-23-14-11-19-34(23)4)20-25(22)29-31-21(3)28-27(32-29)26(12-9-2)33-35(28)5/h15-16,20,23,30H,3,6-14,17-19H2,1-2,4-5H3,(H,31,32). The summed E-state index contributed by atoms with van der Waals surface area (Å²) >= 11 is 0. The fourth-order valence-electron chi connectivity index (χ4n) is 5.35. The first-order valence-corrected chi connectivity index (χ1v) is 15.4. The van der Waals surface area contributed by atoms with Crippen molar-refractivity contribution in [1.82, 2.24) is 24.7 Å². The van der Waals surface area contributed by atoms with Crippen LogP contribution in [0.15, 0.2) is 34.7 Å². The Hall–Kier alpha value is -2.35. The van der Waals surface area contributed by atoms with E-state index >= 15 is 0 Å². The van der Waals surface area contributed by atoms with Gasteiger partial charge in [-0.05, 0) is 69.8 Å². The van der Waals surface area contributed by atoms with Crippen LogP contribution in [0, 0.1) is 0 Å². The van der Waals surface area contributed by atoms with Crippen LogP contribution >= 0.6 is 9.39 Å². The predicted octanol–water partition coefficient (Wildman–Crippen LogP) is 5.38. The zero-order valence-corrected chi connectivity index (χ0v) is 23.5. The average molecular weight is 509 g/mol. The van der Waals surface area contributed by atoms with Gasteiger partial charge in [0.05, 0.1) is 11.4 Å². The lowest BCUT2D eigenvalue weighted by molar-refractivity contribution is 0.298. The third kappa shape index (κ3) is 5.63. The van der Waals surface area contributed by atoms with Gasteiger partial charge in [-0.15, -0.1) is 9.39 Å². The van der Waals surface area contributed by atoms with Gasteiger partial charge in [-0.2, -0.15) is 5.10 Å². The van der Waals surface area contributed by atoms with Crippen LogP contribution in [-0.2, 0) is 19.9 Å². The van der Waals surface area contributed by atoms with Gasteiger partial charge in [0.25, 0.3) is 0 Å². The van der Waals surface area contributed by atoms with Crippen molar-refractivity contribution in [2.45, 2.75) is 76.2 Å². The maximum Gasteiger partial charge on any atom is 0.138 e. The fraction of sp³-hybridized carbons (Fsp3) is 0.517. The minimum Gasteiger partial charge on any atom is -0.338 e.